The number of carboxylic acid groups (broad SMARTS) is 1. The van der Waals surface area contributed by atoms with Crippen LogP contribution in [0.25, 0.3) is 0 Å². The Morgan fingerprint density at radius 3 is 2.64 bits per heavy atom. The van der Waals surface area contributed by atoms with E-state index in [0.717, 1.165) is 31.7 Å². The van der Waals surface area contributed by atoms with Crippen molar-refractivity contribution in [2.45, 2.75) is 6.04 Å². The second kappa shape index (κ2) is 9.97. The maximum absolute atomic E-state index is 9.91. The molecule has 0 saturated carbocycles. The van der Waals surface area contributed by atoms with Gasteiger partial charge in [0, 0.05) is 56.4 Å². The van der Waals surface area contributed by atoms with Crippen LogP contribution in [-0.2, 0) is 0 Å². The summed E-state index contributed by atoms with van der Waals surface area (Å²) in [6.45, 7) is 3.76. The number of hydrogen-bond donors (Lipinski definition) is 2. The molecule has 8 nitrogen and oxygen atoms in total. The number of nitrogens with zero attached hydrogens (tertiary/aromatic N) is 4. The third-order valence-corrected chi connectivity index (χ3v) is 3.47. The Morgan fingerprint density at radius 2 is 2.08 bits per heavy atom. The van der Waals surface area contributed by atoms with E-state index < -0.39 is 6.16 Å². The minimum atomic E-state index is -1.35. The molecule has 0 bridgehead atoms. The molecule has 1 aliphatic heterocycles. The molecule has 8 heteroatoms. The van der Waals surface area contributed by atoms with Gasteiger partial charge in [0.1, 0.15) is 6.04 Å². The fraction of sp³-hybridized carbons (Fsp3) is 0.294. The first-order valence-corrected chi connectivity index (χ1v) is 7.77. The predicted molar refractivity (Wildman–Crippen MR) is 89.9 cm³/mol. The quantitative estimate of drug-likeness (QED) is 0.811. The average molecular weight is 341 g/mol. The summed E-state index contributed by atoms with van der Waals surface area (Å²) in [5.41, 5.74) is 0.988. The Balaban J connectivity index is 0.000000196. The van der Waals surface area contributed by atoms with Crippen molar-refractivity contribution in [1.82, 2.24) is 20.2 Å². The van der Waals surface area contributed by atoms with Gasteiger partial charge in [-0.1, -0.05) is 12.1 Å². The molecule has 1 saturated heterocycles. The zero-order chi connectivity index (χ0) is 17.9. The fourth-order valence-electron chi connectivity index (χ4n) is 2.34. The molecule has 1 aliphatic rings. The predicted octanol–water partition coefficient (Wildman–Crippen LogP) is 1.69. The van der Waals surface area contributed by atoms with E-state index in [1.165, 1.54) is 12.3 Å². The van der Waals surface area contributed by atoms with Gasteiger partial charge in [0.15, 0.2) is 0 Å². The summed E-state index contributed by atoms with van der Waals surface area (Å²) < 4.78 is 4.22. The minimum Gasteiger partial charge on any atom is -0.449 e. The average Bonchev–Trinajstić information content (AvgIpc) is 2.65. The minimum absolute atomic E-state index is 0.0926. The Kier molecular flexibility index (Phi) is 7.31. The molecular formula is C17H19N5O3. The molecule has 3 heterocycles. The maximum atomic E-state index is 9.91. The van der Waals surface area contributed by atoms with Gasteiger partial charge >= 0.3 is 6.16 Å². The molecule has 2 aromatic heterocycles. The molecule has 3 rings (SSSR count). The van der Waals surface area contributed by atoms with Crippen LogP contribution in [0.2, 0.25) is 0 Å². The number of nitriles is 1. The first kappa shape index (κ1) is 18.3. The van der Waals surface area contributed by atoms with E-state index in [-0.39, 0.29) is 11.9 Å². The van der Waals surface area contributed by atoms with Crippen LogP contribution in [0.5, 0.6) is 5.88 Å². The third-order valence-electron chi connectivity index (χ3n) is 3.47. The molecule has 0 aromatic carbocycles. The number of aromatic nitrogens is 2. The number of nitrogens with one attached hydrogen (secondary N) is 1. The van der Waals surface area contributed by atoms with Crippen LogP contribution in [-0.4, -0.2) is 52.3 Å². The molecule has 2 N–H and O–H groups in total. The Hall–Kier alpha value is -3.02. The first-order chi connectivity index (χ1) is 12.2. The van der Waals surface area contributed by atoms with Gasteiger partial charge < -0.3 is 15.2 Å². The zero-order valence-electron chi connectivity index (χ0n) is 13.6. The lowest BCUT2D eigenvalue weighted by atomic mass is 10.1. The molecule has 0 aliphatic carbocycles. The standard InChI is InChI=1S/C11H14N4.C6H5NO3/c12-8-11(10-2-1-3-14-9-10)15-6-4-13-5-7-15;8-6(9)10-5-3-1-2-4-7-5/h1-3,9,11,13H,4-7H2;1-4H,(H,8,9). The highest BCUT2D eigenvalue weighted by Gasteiger charge is 2.21. The van der Waals surface area contributed by atoms with E-state index in [1.807, 2.05) is 12.1 Å². The fourth-order valence-corrected chi connectivity index (χ4v) is 2.34. The van der Waals surface area contributed by atoms with E-state index >= 15 is 0 Å². The van der Waals surface area contributed by atoms with Gasteiger partial charge in [-0.3, -0.25) is 9.88 Å². The summed E-state index contributed by atoms with van der Waals surface area (Å²) >= 11 is 0. The van der Waals surface area contributed by atoms with Crippen LogP contribution >= 0.6 is 0 Å². The van der Waals surface area contributed by atoms with Gasteiger partial charge in [0.05, 0.1) is 6.07 Å². The largest absolute Gasteiger partial charge is 0.512 e. The highest BCUT2D eigenvalue weighted by Crippen LogP contribution is 2.18. The molecule has 0 amide bonds. The summed E-state index contributed by atoms with van der Waals surface area (Å²) in [6.07, 6.45) is 3.61. The summed E-state index contributed by atoms with van der Waals surface area (Å²) in [5, 5.41) is 20.6. The lowest BCUT2D eigenvalue weighted by Crippen LogP contribution is -2.44. The molecule has 2 aromatic rings. The van der Waals surface area contributed by atoms with Crippen LogP contribution in [0.4, 0.5) is 4.79 Å². The van der Waals surface area contributed by atoms with E-state index in [4.69, 9.17) is 5.11 Å². The number of pyridine rings is 2. The van der Waals surface area contributed by atoms with Gasteiger partial charge in [0.25, 0.3) is 0 Å². The Labute approximate surface area is 145 Å². The van der Waals surface area contributed by atoms with Crippen molar-refractivity contribution in [2.24, 2.45) is 0 Å². The van der Waals surface area contributed by atoms with E-state index in [2.05, 4.69) is 31.0 Å². The number of piperazine rings is 1. The monoisotopic (exact) mass is 341 g/mol. The topological polar surface area (TPSA) is 111 Å². The van der Waals surface area contributed by atoms with E-state index in [1.54, 1.807) is 24.5 Å². The van der Waals surface area contributed by atoms with Crippen molar-refractivity contribution in [3.8, 4) is 11.9 Å². The van der Waals surface area contributed by atoms with Crippen molar-refractivity contribution in [3.05, 3.63) is 54.5 Å². The van der Waals surface area contributed by atoms with Gasteiger partial charge in [0.2, 0.25) is 5.88 Å². The molecule has 1 fully saturated rings. The summed E-state index contributed by atoms with van der Waals surface area (Å²) in [4.78, 5) is 19.8. The number of carbonyl (C=O) groups is 1. The second-order valence-corrected chi connectivity index (χ2v) is 5.14. The van der Waals surface area contributed by atoms with E-state index in [9.17, 15) is 10.1 Å². The van der Waals surface area contributed by atoms with Gasteiger partial charge in [-0.2, -0.15) is 5.26 Å². The van der Waals surface area contributed by atoms with Crippen LogP contribution in [0.1, 0.15) is 11.6 Å². The number of rotatable bonds is 3. The normalized spacial score (nSPS) is 15.2. The molecule has 0 radical (unpaired) electrons. The highest BCUT2D eigenvalue weighted by molar-refractivity contribution is 5.60. The summed E-state index contributed by atoms with van der Waals surface area (Å²) in [7, 11) is 0. The Morgan fingerprint density at radius 1 is 1.28 bits per heavy atom. The third kappa shape index (κ3) is 6.18. The van der Waals surface area contributed by atoms with Crippen LogP contribution in [0, 0.1) is 11.3 Å². The molecule has 0 spiro atoms. The van der Waals surface area contributed by atoms with Crippen molar-refractivity contribution >= 4 is 6.16 Å². The smallest absolute Gasteiger partial charge is 0.449 e. The van der Waals surface area contributed by atoms with Crippen molar-refractivity contribution in [1.29, 1.82) is 5.26 Å². The highest BCUT2D eigenvalue weighted by atomic mass is 16.7. The summed E-state index contributed by atoms with van der Waals surface area (Å²) in [6, 6.07) is 10.8. The van der Waals surface area contributed by atoms with Gasteiger partial charge in [-0.25, -0.2) is 9.78 Å². The van der Waals surface area contributed by atoms with Crippen molar-refractivity contribution in [2.75, 3.05) is 26.2 Å². The van der Waals surface area contributed by atoms with E-state index in [0.29, 0.717) is 0 Å². The number of ether oxygens (including phenoxy) is 1. The van der Waals surface area contributed by atoms with Crippen molar-refractivity contribution < 1.29 is 14.6 Å². The second-order valence-electron chi connectivity index (χ2n) is 5.14. The van der Waals surface area contributed by atoms with Gasteiger partial charge in [-0.15, -0.1) is 0 Å². The molecule has 25 heavy (non-hydrogen) atoms. The van der Waals surface area contributed by atoms with Gasteiger partial charge in [-0.05, 0) is 12.1 Å². The zero-order valence-corrected chi connectivity index (χ0v) is 13.6. The molecule has 130 valence electrons. The van der Waals surface area contributed by atoms with Crippen LogP contribution in [0.15, 0.2) is 48.9 Å². The van der Waals surface area contributed by atoms with Crippen molar-refractivity contribution in [3.63, 3.8) is 0 Å². The molecule has 1 unspecified atom stereocenters. The molecule has 1 atom stereocenters. The number of hydrogen-bond acceptors (Lipinski definition) is 7. The van der Waals surface area contributed by atoms with Crippen LogP contribution in [0.3, 0.4) is 0 Å². The maximum Gasteiger partial charge on any atom is 0.512 e. The van der Waals surface area contributed by atoms with Crippen LogP contribution < -0.4 is 10.1 Å². The summed E-state index contributed by atoms with van der Waals surface area (Å²) in [5.74, 6) is 0.0926. The molecular weight excluding hydrogens is 322 g/mol. The lowest BCUT2D eigenvalue weighted by Gasteiger charge is -2.30. The Bertz CT molecular complexity index is 684. The first-order valence-electron chi connectivity index (χ1n) is 7.77. The lowest BCUT2D eigenvalue weighted by molar-refractivity contribution is 0.142. The SMILES string of the molecule is N#CC(c1cccnc1)N1CCNCC1.O=C(O)Oc1ccccn1.